The Morgan fingerprint density at radius 2 is 1.11 bits per heavy atom. The molecule has 1 aliphatic heterocycles. The van der Waals surface area contributed by atoms with E-state index < -0.39 is 8.07 Å². The maximum absolute atomic E-state index is 6.63. The lowest BCUT2D eigenvalue weighted by molar-refractivity contribution is 0.343. The summed E-state index contributed by atoms with van der Waals surface area (Å²) in [5.41, 5.74) is 7.62. The molecule has 0 saturated heterocycles. The van der Waals surface area contributed by atoms with Crippen molar-refractivity contribution in [3.63, 3.8) is 0 Å². The predicted molar refractivity (Wildman–Crippen MR) is 164 cm³/mol. The molecule has 3 heteroatoms. The summed E-state index contributed by atoms with van der Waals surface area (Å²) >= 11 is 0. The zero-order valence-electron chi connectivity index (χ0n) is 23.7. The number of fused-ring (bicyclic) bond motifs is 2. The van der Waals surface area contributed by atoms with Gasteiger partial charge in [0.05, 0.1) is 8.07 Å². The van der Waals surface area contributed by atoms with Crippen molar-refractivity contribution in [2.75, 3.05) is 0 Å². The van der Waals surface area contributed by atoms with E-state index in [1.54, 1.807) is 0 Å². The second-order valence-corrected chi connectivity index (χ2v) is 17.0. The van der Waals surface area contributed by atoms with Crippen LogP contribution in [0.1, 0.15) is 63.5 Å². The molecular weight excluding hydrogens is 478 g/mol. The molecule has 0 bridgehead atoms. The van der Waals surface area contributed by atoms with Crippen LogP contribution in [0.5, 0.6) is 11.5 Å². The number of hydrogen-bond donors (Lipinski definition) is 0. The molecule has 0 saturated carbocycles. The maximum Gasteiger partial charge on any atom is 0.131 e. The summed E-state index contributed by atoms with van der Waals surface area (Å²) in [6.45, 7) is 11.8. The molecule has 196 valence electrons. The van der Waals surface area contributed by atoms with Crippen LogP contribution in [0, 0.1) is 0 Å². The van der Waals surface area contributed by atoms with Crippen molar-refractivity contribution in [1.29, 1.82) is 0 Å². The number of benzene rings is 3. The summed E-state index contributed by atoms with van der Waals surface area (Å²) in [4.78, 5) is 4.23. The minimum Gasteiger partial charge on any atom is -0.457 e. The van der Waals surface area contributed by atoms with Crippen LogP contribution in [0.3, 0.4) is 0 Å². The van der Waals surface area contributed by atoms with Crippen molar-refractivity contribution in [1.82, 2.24) is 4.98 Å². The molecular formula is C35H41NOSi. The molecule has 1 aliphatic rings. The molecule has 0 N–H and O–H groups in total. The van der Waals surface area contributed by atoms with Gasteiger partial charge in [0.25, 0.3) is 0 Å². The van der Waals surface area contributed by atoms with Crippen LogP contribution in [-0.2, 0) is 5.41 Å². The van der Waals surface area contributed by atoms with Crippen molar-refractivity contribution < 1.29 is 4.74 Å². The Kier molecular flexibility index (Phi) is 7.58. The molecule has 0 aliphatic carbocycles. The zero-order chi connectivity index (χ0) is 26.8. The van der Waals surface area contributed by atoms with Crippen LogP contribution in [0.15, 0.2) is 85.2 Å². The van der Waals surface area contributed by atoms with Gasteiger partial charge in [-0.15, -0.1) is 0 Å². The maximum atomic E-state index is 6.63. The topological polar surface area (TPSA) is 22.1 Å². The monoisotopic (exact) mass is 519 g/mol. The van der Waals surface area contributed by atoms with Gasteiger partial charge in [0, 0.05) is 28.9 Å². The number of pyridine rings is 1. The summed E-state index contributed by atoms with van der Waals surface area (Å²) in [7, 11) is -1.33. The first-order valence-corrected chi connectivity index (χ1v) is 17.8. The summed E-state index contributed by atoms with van der Waals surface area (Å²) in [5, 5.41) is 1.50. The highest BCUT2D eigenvalue weighted by atomic mass is 28.3. The lowest BCUT2D eigenvalue weighted by Crippen LogP contribution is -2.37. The van der Waals surface area contributed by atoms with Gasteiger partial charge >= 0.3 is 0 Å². The third kappa shape index (κ3) is 5.09. The van der Waals surface area contributed by atoms with E-state index in [0.29, 0.717) is 0 Å². The number of ether oxygens (including phenoxy) is 1. The van der Waals surface area contributed by atoms with Crippen molar-refractivity contribution in [2.24, 2.45) is 0 Å². The van der Waals surface area contributed by atoms with E-state index in [1.807, 2.05) is 12.4 Å². The first kappa shape index (κ1) is 26.4. The molecule has 0 radical (unpaired) electrons. The van der Waals surface area contributed by atoms with E-state index in [-0.39, 0.29) is 5.41 Å². The fraction of sp³-hybridized carbons (Fsp3) is 0.343. The third-order valence-electron chi connectivity index (χ3n) is 8.22. The smallest absolute Gasteiger partial charge is 0.131 e. The quantitative estimate of drug-likeness (QED) is 0.205. The second kappa shape index (κ2) is 10.9. The lowest BCUT2D eigenvalue weighted by atomic mass is 9.65. The highest BCUT2D eigenvalue weighted by Crippen LogP contribution is 2.54. The van der Waals surface area contributed by atoms with Gasteiger partial charge in [-0.1, -0.05) is 101 Å². The summed E-state index contributed by atoms with van der Waals surface area (Å²) in [5.74, 6) is 2.03. The molecule has 0 spiro atoms. The van der Waals surface area contributed by atoms with Crippen LogP contribution >= 0.6 is 0 Å². The number of aromatic nitrogens is 1. The van der Waals surface area contributed by atoms with Crippen LogP contribution in [0.25, 0.3) is 22.3 Å². The summed E-state index contributed by atoms with van der Waals surface area (Å²) in [6, 6.07) is 27.2. The van der Waals surface area contributed by atoms with Crippen LogP contribution in [0.4, 0.5) is 0 Å². The fourth-order valence-corrected chi connectivity index (χ4v) is 7.10. The number of unbranched alkanes of at least 4 members (excludes halogenated alkanes) is 2. The van der Waals surface area contributed by atoms with Gasteiger partial charge in [-0.2, -0.15) is 0 Å². The fourth-order valence-electron chi connectivity index (χ4n) is 5.94. The largest absolute Gasteiger partial charge is 0.457 e. The van der Waals surface area contributed by atoms with Crippen molar-refractivity contribution in [3.8, 4) is 33.8 Å². The van der Waals surface area contributed by atoms with Crippen molar-refractivity contribution >= 4 is 13.3 Å². The van der Waals surface area contributed by atoms with Crippen LogP contribution in [0.2, 0.25) is 19.6 Å². The highest BCUT2D eigenvalue weighted by Gasteiger charge is 2.41. The molecule has 1 aromatic heterocycles. The number of nitrogens with zero attached hydrogens (tertiary/aromatic N) is 1. The SMILES string of the molecule is CCCCC1(CCCC)c2cc(-c3ccncc3)ccc2Oc2ccc(-c3ccc([Si](C)(C)C)cc3)cc21. The molecule has 0 unspecified atom stereocenters. The number of rotatable bonds is 9. The van der Waals surface area contributed by atoms with E-state index in [0.717, 1.165) is 24.3 Å². The molecule has 0 fully saturated rings. The van der Waals surface area contributed by atoms with Gasteiger partial charge in [-0.05, 0) is 71.5 Å². The van der Waals surface area contributed by atoms with Gasteiger partial charge < -0.3 is 4.74 Å². The van der Waals surface area contributed by atoms with E-state index in [1.165, 1.54) is 64.3 Å². The second-order valence-electron chi connectivity index (χ2n) is 11.9. The Bertz CT molecular complexity index is 1380. The minimum absolute atomic E-state index is 0.0632. The molecule has 38 heavy (non-hydrogen) atoms. The Balaban J connectivity index is 1.66. The molecule has 3 aromatic carbocycles. The Morgan fingerprint density at radius 1 is 0.632 bits per heavy atom. The van der Waals surface area contributed by atoms with E-state index in [4.69, 9.17) is 4.74 Å². The first-order chi connectivity index (χ1) is 18.4. The highest BCUT2D eigenvalue weighted by molar-refractivity contribution is 6.88. The molecule has 2 nitrogen and oxygen atoms in total. The van der Waals surface area contributed by atoms with Gasteiger partial charge in [-0.3, -0.25) is 4.98 Å². The van der Waals surface area contributed by atoms with Crippen molar-refractivity contribution in [3.05, 3.63) is 96.3 Å². The summed E-state index contributed by atoms with van der Waals surface area (Å²) in [6.07, 6.45) is 10.8. The Morgan fingerprint density at radius 3 is 1.58 bits per heavy atom. The van der Waals surface area contributed by atoms with Gasteiger partial charge in [-0.25, -0.2) is 0 Å². The van der Waals surface area contributed by atoms with Gasteiger partial charge in [0.1, 0.15) is 11.5 Å². The average Bonchev–Trinajstić information content (AvgIpc) is 2.94. The zero-order valence-corrected chi connectivity index (χ0v) is 24.7. The molecule has 4 aromatic rings. The van der Waals surface area contributed by atoms with E-state index in [2.05, 4.69) is 111 Å². The van der Waals surface area contributed by atoms with Gasteiger partial charge in [0.15, 0.2) is 0 Å². The predicted octanol–water partition coefficient (Wildman–Crippen LogP) is 9.73. The van der Waals surface area contributed by atoms with E-state index in [9.17, 15) is 0 Å². The molecule has 2 heterocycles. The Labute approximate surface area is 230 Å². The number of hydrogen-bond acceptors (Lipinski definition) is 2. The van der Waals surface area contributed by atoms with Crippen LogP contribution in [-0.4, -0.2) is 13.1 Å². The summed E-state index contributed by atoms with van der Waals surface area (Å²) < 4.78 is 6.63. The standard InChI is InChI=1S/C35H41NOSi/c1-6-8-20-35(21-9-7-2)31-24-28(26-10-14-30(15-11-26)38(3,4)5)12-16-33(31)37-34-17-13-29(25-32(34)35)27-18-22-36-23-19-27/h10-19,22-25H,6-9,20-21H2,1-5H3. The minimum atomic E-state index is -1.33. The van der Waals surface area contributed by atoms with E-state index >= 15 is 0 Å². The third-order valence-corrected chi connectivity index (χ3v) is 10.3. The molecule has 0 amide bonds. The van der Waals surface area contributed by atoms with Crippen molar-refractivity contribution in [2.45, 2.75) is 77.4 Å². The van der Waals surface area contributed by atoms with Crippen LogP contribution < -0.4 is 9.92 Å². The Hall–Kier alpha value is -3.17. The average molecular weight is 520 g/mol. The normalized spacial score (nSPS) is 13.9. The first-order valence-electron chi connectivity index (χ1n) is 14.3. The lowest BCUT2D eigenvalue weighted by Gasteiger charge is -2.41. The molecule has 5 rings (SSSR count). The van der Waals surface area contributed by atoms with Gasteiger partial charge in [0.2, 0.25) is 0 Å². The molecule has 0 atom stereocenters.